The van der Waals surface area contributed by atoms with E-state index in [4.69, 9.17) is 4.74 Å². The molecule has 6 heteroatoms. The molecule has 2 N–H and O–H groups in total. The van der Waals surface area contributed by atoms with Gasteiger partial charge in [-0.25, -0.2) is 9.59 Å². The number of carbonyl (C=O) groups is 2. The predicted molar refractivity (Wildman–Crippen MR) is 59.2 cm³/mol. The first kappa shape index (κ1) is 13.9. The Kier molecular flexibility index (Phi) is 3.78. The van der Waals surface area contributed by atoms with Crippen molar-refractivity contribution in [3.05, 3.63) is 0 Å². The molecule has 1 saturated heterocycles. The molecule has 0 aromatic heterocycles. The normalized spacial score (nSPS) is 28.9. The molecule has 0 radical (unpaired) electrons. The Morgan fingerprint density at radius 3 is 2.29 bits per heavy atom. The minimum Gasteiger partial charge on any atom is -0.467 e. The van der Waals surface area contributed by atoms with Crippen LogP contribution in [0.3, 0.4) is 0 Å². The van der Waals surface area contributed by atoms with Crippen molar-refractivity contribution in [1.82, 2.24) is 5.32 Å². The molecule has 0 aromatic carbocycles. The van der Waals surface area contributed by atoms with Gasteiger partial charge in [0, 0.05) is 13.0 Å². The van der Waals surface area contributed by atoms with E-state index in [1.54, 1.807) is 20.8 Å². The number of ether oxygens (including phenoxy) is 2. The van der Waals surface area contributed by atoms with Gasteiger partial charge >= 0.3 is 11.9 Å². The van der Waals surface area contributed by atoms with Gasteiger partial charge in [-0.05, 0) is 20.8 Å². The van der Waals surface area contributed by atoms with Gasteiger partial charge in [0.05, 0.1) is 13.2 Å². The highest BCUT2D eigenvalue weighted by molar-refractivity contribution is 6.05. The summed E-state index contributed by atoms with van der Waals surface area (Å²) < 4.78 is 9.79. The lowest BCUT2D eigenvalue weighted by molar-refractivity contribution is -0.172. The SMILES string of the molecule is COC(=O)[C@]1(C(=O)OC(C)(C)C)C[C@H](O)CN1. The Bertz CT molecular complexity index is 322. The first-order valence-corrected chi connectivity index (χ1v) is 5.46. The summed E-state index contributed by atoms with van der Waals surface area (Å²) in [4.78, 5) is 23.7. The molecule has 1 rings (SSSR count). The topological polar surface area (TPSA) is 84.9 Å². The van der Waals surface area contributed by atoms with Crippen LogP contribution in [0, 0.1) is 0 Å². The molecule has 0 bridgehead atoms. The standard InChI is InChI=1S/C11H19NO5/c1-10(2,3)17-9(15)11(8(14)16-4)5-7(13)6-12-11/h7,12-13H,5-6H2,1-4H3/t7-,11-/m0/s1. The zero-order chi connectivity index (χ0) is 13.3. The van der Waals surface area contributed by atoms with Crippen LogP contribution in [0.2, 0.25) is 0 Å². The van der Waals surface area contributed by atoms with Gasteiger partial charge in [-0.1, -0.05) is 0 Å². The smallest absolute Gasteiger partial charge is 0.338 e. The van der Waals surface area contributed by atoms with E-state index in [1.165, 1.54) is 7.11 Å². The van der Waals surface area contributed by atoms with E-state index in [0.717, 1.165) is 0 Å². The third-order valence-electron chi connectivity index (χ3n) is 2.46. The number of aliphatic hydroxyl groups is 1. The van der Waals surface area contributed by atoms with E-state index < -0.39 is 29.2 Å². The van der Waals surface area contributed by atoms with E-state index in [2.05, 4.69) is 10.1 Å². The molecule has 17 heavy (non-hydrogen) atoms. The fourth-order valence-corrected chi connectivity index (χ4v) is 1.72. The van der Waals surface area contributed by atoms with Crippen molar-refractivity contribution in [2.24, 2.45) is 0 Å². The molecule has 6 nitrogen and oxygen atoms in total. The summed E-state index contributed by atoms with van der Waals surface area (Å²) >= 11 is 0. The van der Waals surface area contributed by atoms with Crippen LogP contribution < -0.4 is 5.32 Å². The number of esters is 2. The summed E-state index contributed by atoms with van der Waals surface area (Å²) in [6.07, 6.45) is -0.796. The van der Waals surface area contributed by atoms with Crippen molar-refractivity contribution in [2.75, 3.05) is 13.7 Å². The molecular formula is C11H19NO5. The first-order chi connectivity index (χ1) is 7.71. The molecule has 1 fully saturated rings. The fraction of sp³-hybridized carbons (Fsp3) is 0.818. The Hall–Kier alpha value is -1.14. The maximum atomic E-state index is 12.0. The lowest BCUT2D eigenvalue weighted by Crippen LogP contribution is -2.57. The third kappa shape index (κ3) is 2.95. The molecule has 2 atom stereocenters. The van der Waals surface area contributed by atoms with Gasteiger partial charge in [-0.2, -0.15) is 0 Å². The van der Waals surface area contributed by atoms with Gasteiger partial charge in [0.1, 0.15) is 5.60 Å². The molecule has 0 aliphatic carbocycles. The molecule has 1 aliphatic rings. The summed E-state index contributed by atoms with van der Waals surface area (Å²) in [5.41, 5.74) is -2.28. The molecule has 98 valence electrons. The maximum absolute atomic E-state index is 12.0. The lowest BCUT2D eigenvalue weighted by atomic mass is 9.96. The van der Waals surface area contributed by atoms with Crippen LogP contribution in [0.25, 0.3) is 0 Å². The Morgan fingerprint density at radius 1 is 1.35 bits per heavy atom. The Labute approximate surface area is 100 Å². The second-order valence-electron chi connectivity index (χ2n) is 5.14. The van der Waals surface area contributed by atoms with Crippen molar-refractivity contribution in [3.63, 3.8) is 0 Å². The van der Waals surface area contributed by atoms with Crippen molar-refractivity contribution < 1.29 is 24.2 Å². The average molecular weight is 245 g/mol. The van der Waals surface area contributed by atoms with Gasteiger partial charge in [-0.15, -0.1) is 0 Å². The van der Waals surface area contributed by atoms with Gasteiger partial charge in [0.2, 0.25) is 5.54 Å². The number of aliphatic hydroxyl groups excluding tert-OH is 1. The molecule has 0 unspecified atom stereocenters. The van der Waals surface area contributed by atoms with E-state index >= 15 is 0 Å². The van der Waals surface area contributed by atoms with Gasteiger partial charge in [0.15, 0.2) is 0 Å². The monoisotopic (exact) mass is 245 g/mol. The highest BCUT2D eigenvalue weighted by Gasteiger charge is 2.54. The van der Waals surface area contributed by atoms with Gasteiger partial charge in [0.25, 0.3) is 0 Å². The highest BCUT2D eigenvalue weighted by Crippen LogP contribution is 2.25. The maximum Gasteiger partial charge on any atom is 0.338 e. The summed E-state index contributed by atoms with van der Waals surface area (Å²) in [5.74, 6) is -1.45. The molecule has 0 saturated carbocycles. The molecule has 0 amide bonds. The minimum absolute atomic E-state index is 0.0331. The van der Waals surface area contributed by atoms with Crippen molar-refractivity contribution in [3.8, 4) is 0 Å². The van der Waals surface area contributed by atoms with Crippen LogP contribution in [-0.4, -0.2) is 47.9 Å². The zero-order valence-corrected chi connectivity index (χ0v) is 10.6. The number of nitrogens with one attached hydrogen (secondary N) is 1. The summed E-state index contributed by atoms with van der Waals surface area (Å²) in [6, 6.07) is 0. The van der Waals surface area contributed by atoms with Crippen LogP contribution in [0.5, 0.6) is 0 Å². The van der Waals surface area contributed by atoms with Crippen molar-refractivity contribution in [1.29, 1.82) is 0 Å². The molecular weight excluding hydrogens is 226 g/mol. The number of hydrogen-bond donors (Lipinski definition) is 2. The Morgan fingerprint density at radius 2 is 1.94 bits per heavy atom. The van der Waals surface area contributed by atoms with Crippen LogP contribution in [-0.2, 0) is 19.1 Å². The zero-order valence-electron chi connectivity index (χ0n) is 10.6. The summed E-state index contributed by atoms with van der Waals surface area (Å²) in [6.45, 7) is 5.29. The van der Waals surface area contributed by atoms with E-state index in [9.17, 15) is 14.7 Å². The van der Waals surface area contributed by atoms with Crippen LogP contribution in [0.1, 0.15) is 27.2 Å². The summed E-state index contributed by atoms with van der Waals surface area (Å²) in [5, 5.41) is 12.2. The third-order valence-corrected chi connectivity index (χ3v) is 2.46. The number of rotatable bonds is 2. The van der Waals surface area contributed by atoms with Gasteiger partial charge < -0.3 is 14.6 Å². The van der Waals surface area contributed by atoms with E-state index in [0.29, 0.717) is 0 Å². The number of methoxy groups -OCH3 is 1. The second-order valence-corrected chi connectivity index (χ2v) is 5.14. The molecule has 0 aromatic rings. The second kappa shape index (κ2) is 4.62. The Balaban J connectivity index is 2.92. The molecule has 1 aliphatic heterocycles. The van der Waals surface area contributed by atoms with Crippen LogP contribution in [0.15, 0.2) is 0 Å². The van der Waals surface area contributed by atoms with E-state index in [1.807, 2.05) is 0 Å². The summed E-state index contributed by atoms with van der Waals surface area (Å²) in [7, 11) is 1.20. The van der Waals surface area contributed by atoms with Crippen LogP contribution in [0.4, 0.5) is 0 Å². The molecule has 1 heterocycles. The number of hydrogen-bond acceptors (Lipinski definition) is 6. The average Bonchev–Trinajstić information content (AvgIpc) is 2.58. The van der Waals surface area contributed by atoms with Crippen LogP contribution >= 0.6 is 0 Å². The predicted octanol–water partition coefficient (Wildman–Crippen LogP) is -0.406. The largest absolute Gasteiger partial charge is 0.467 e. The minimum atomic E-state index is -1.58. The highest BCUT2D eigenvalue weighted by atomic mass is 16.6. The number of carbonyl (C=O) groups excluding carboxylic acids is 2. The quantitative estimate of drug-likeness (QED) is 0.508. The van der Waals surface area contributed by atoms with Gasteiger partial charge in [-0.3, -0.25) is 5.32 Å². The first-order valence-electron chi connectivity index (χ1n) is 5.46. The number of β-amino-alcohol motifs (C(OH)–C–C–N with tert-alkyl or cyclic N) is 1. The van der Waals surface area contributed by atoms with Crippen molar-refractivity contribution >= 4 is 11.9 Å². The molecule has 0 spiro atoms. The van der Waals surface area contributed by atoms with Crippen molar-refractivity contribution in [2.45, 2.75) is 44.4 Å². The lowest BCUT2D eigenvalue weighted by Gasteiger charge is -2.28. The van der Waals surface area contributed by atoms with E-state index in [-0.39, 0.29) is 13.0 Å². The fourth-order valence-electron chi connectivity index (χ4n) is 1.72.